The lowest BCUT2D eigenvalue weighted by atomic mass is 9.88. The van der Waals surface area contributed by atoms with Crippen LogP contribution in [0.5, 0.6) is 0 Å². The van der Waals surface area contributed by atoms with Gasteiger partial charge in [0.25, 0.3) is 0 Å². The minimum Gasteiger partial charge on any atom is -0.356 e. The van der Waals surface area contributed by atoms with E-state index in [0.29, 0.717) is 11.8 Å². The van der Waals surface area contributed by atoms with Crippen molar-refractivity contribution in [1.29, 1.82) is 0 Å². The van der Waals surface area contributed by atoms with Crippen molar-refractivity contribution in [2.75, 3.05) is 0 Å². The molecule has 0 aliphatic heterocycles. The van der Waals surface area contributed by atoms with Crippen molar-refractivity contribution < 1.29 is 0 Å². The van der Waals surface area contributed by atoms with Gasteiger partial charge in [0, 0.05) is 48.2 Å². The molecule has 0 fully saturated rings. The standard InChI is InChI=1S/C31H31N3/c1-18(2)22-12-9-13-23(19(3)4)28(22)31-32-29-25-11-8-7-10-24(25)26-14-20-16-33(5)17-21(20)15-27(26)30(29)34(31)6/h7-19H,1-6H3. The maximum absolute atomic E-state index is 5.39. The molecule has 2 aromatic heterocycles. The minimum atomic E-state index is 0.422. The van der Waals surface area contributed by atoms with E-state index in [1.807, 2.05) is 0 Å². The van der Waals surface area contributed by atoms with Crippen LogP contribution in [0.25, 0.3) is 54.7 Å². The first kappa shape index (κ1) is 21.0. The highest BCUT2D eigenvalue weighted by atomic mass is 15.1. The average Bonchev–Trinajstić information content (AvgIpc) is 3.35. The predicted molar refractivity (Wildman–Crippen MR) is 146 cm³/mol. The minimum absolute atomic E-state index is 0.422. The zero-order valence-electron chi connectivity index (χ0n) is 20.8. The van der Waals surface area contributed by atoms with E-state index in [0.717, 1.165) is 11.3 Å². The van der Waals surface area contributed by atoms with E-state index < -0.39 is 0 Å². The van der Waals surface area contributed by atoms with Gasteiger partial charge in [0.15, 0.2) is 0 Å². The monoisotopic (exact) mass is 445 g/mol. The van der Waals surface area contributed by atoms with Gasteiger partial charge in [-0.2, -0.15) is 0 Å². The highest BCUT2D eigenvalue weighted by molar-refractivity contribution is 6.26. The Hall–Kier alpha value is -3.59. The van der Waals surface area contributed by atoms with Gasteiger partial charge >= 0.3 is 0 Å². The number of hydrogen-bond acceptors (Lipinski definition) is 1. The van der Waals surface area contributed by atoms with Crippen LogP contribution in [0.3, 0.4) is 0 Å². The maximum atomic E-state index is 5.39. The summed E-state index contributed by atoms with van der Waals surface area (Å²) in [7, 11) is 4.28. The summed E-state index contributed by atoms with van der Waals surface area (Å²) in [6.07, 6.45) is 4.41. The Kier molecular flexibility index (Phi) is 4.60. The van der Waals surface area contributed by atoms with E-state index in [9.17, 15) is 0 Å². The molecule has 0 spiro atoms. The molecule has 34 heavy (non-hydrogen) atoms. The first-order valence-corrected chi connectivity index (χ1v) is 12.2. The van der Waals surface area contributed by atoms with E-state index in [1.54, 1.807) is 0 Å². The summed E-state index contributed by atoms with van der Waals surface area (Å²) < 4.78 is 4.48. The maximum Gasteiger partial charge on any atom is 0.141 e. The van der Waals surface area contributed by atoms with Crippen molar-refractivity contribution >= 4 is 43.4 Å². The van der Waals surface area contributed by atoms with Gasteiger partial charge in [-0.3, -0.25) is 0 Å². The molecule has 0 amide bonds. The molecule has 0 N–H and O–H groups in total. The van der Waals surface area contributed by atoms with Crippen molar-refractivity contribution in [2.45, 2.75) is 39.5 Å². The van der Waals surface area contributed by atoms with E-state index in [-0.39, 0.29) is 0 Å². The SMILES string of the molecule is CC(C)c1cccc(C(C)C)c1-c1nc2c3ccccc3c3cc4cn(C)cc4cc3c2n1C. The zero-order chi connectivity index (χ0) is 23.7. The molecule has 3 heteroatoms. The van der Waals surface area contributed by atoms with Gasteiger partial charge in [0.1, 0.15) is 5.82 Å². The van der Waals surface area contributed by atoms with Crippen molar-refractivity contribution in [2.24, 2.45) is 14.1 Å². The summed E-state index contributed by atoms with van der Waals surface area (Å²) in [5, 5.41) is 7.57. The van der Waals surface area contributed by atoms with Crippen LogP contribution in [0.1, 0.15) is 50.7 Å². The van der Waals surface area contributed by atoms with Crippen molar-refractivity contribution in [3.63, 3.8) is 0 Å². The smallest absolute Gasteiger partial charge is 0.141 e. The number of rotatable bonds is 3. The predicted octanol–water partition coefficient (Wildman–Crippen LogP) is 8.29. The molecule has 0 aliphatic carbocycles. The number of nitrogens with zero attached hydrogens (tertiary/aromatic N) is 3. The summed E-state index contributed by atoms with van der Waals surface area (Å²) in [5.74, 6) is 1.91. The summed E-state index contributed by atoms with van der Waals surface area (Å²) in [6, 6.07) is 20.2. The number of fused-ring (bicyclic) bond motifs is 7. The molecule has 0 saturated carbocycles. The quantitative estimate of drug-likeness (QED) is 0.251. The molecule has 0 saturated heterocycles. The lowest BCUT2D eigenvalue weighted by Gasteiger charge is -2.19. The average molecular weight is 446 g/mol. The molecule has 6 aromatic rings. The summed E-state index contributed by atoms with van der Waals surface area (Å²) in [5.41, 5.74) is 6.32. The van der Waals surface area contributed by atoms with Gasteiger partial charge in [0.05, 0.1) is 11.0 Å². The Morgan fingerprint density at radius 3 is 1.88 bits per heavy atom. The fourth-order valence-corrected chi connectivity index (χ4v) is 5.70. The molecular formula is C31H31N3. The Morgan fingerprint density at radius 1 is 0.676 bits per heavy atom. The van der Waals surface area contributed by atoms with Crippen LogP contribution >= 0.6 is 0 Å². The lowest BCUT2D eigenvalue weighted by molar-refractivity contribution is 0.828. The Balaban J connectivity index is 1.82. The highest BCUT2D eigenvalue weighted by Crippen LogP contribution is 2.41. The van der Waals surface area contributed by atoms with E-state index >= 15 is 0 Å². The second-order valence-corrected chi connectivity index (χ2v) is 10.3. The molecule has 170 valence electrons. The number of aryl methyl sites for hydroxylation is 2. The second kappa shape index (κ2) is 7.46. The van der Waals surface area contributed by atoms with Crippen molar-refractivity contribution in [3.8, 4) is 11.4 Å². The van der Waals surface area contributed by atoms with Gasteiger partial charge in [-0.1, -0.05) is 70.2 Å². The summed E-state index contributed by atoms with van der Waals surface area (Å²) >= 11 is 0. The molecule has 0 radical (unpaired) electrons. The first-order chi connectivity index (χ1) is 16.3. The topological polar surface area (TPSA) is 22.8 Å². The number of hydrogen-bond donors (Lipinski definition) is 0. The van der Waals surface area contributed by atoms with Crippen LogP contribution in [0, 0.1) is 0 Å². The third-order valence-corrected chi connectivity index (χ3v) is 7.33. The highest BCUT2D eigenvalue weighted by Gasteiger charge is 2.23. The van der Waals surface area contributed by atoms with E-state index in [4.69, 9.17) is 4.98 Å². The zero-order valence-corrected chi connectivity index (χ0v) is 20.8. The van der Waals surface area contributed by atoms with Crippen LogP contribution in [-0.4, -0.2) is 14.1 Å². The summed E-state index contributed by atoms with van der Waals surface area (Å²) in [4.78, 5) is 5.39. The molecule has 2 heterocycles. The number of imidazole rings is 1. The molecule has 4 aromatic carbocycles. The molecule has 0 unspecified atom stereocenters. The Labute approximate surface area is 200 Å². The van der Waals surface area contributed by atoms with Crippen LogP contribution in [-0.2, 0) is 14.1 Å². The van der Waals surface area contributed by atoms with Crippen LogP contribution in [0.4, 0.5) is 0 Å². The largest absolute Gasteiger partial charge is 0.356 e. The first-order valence-electron chi connectivity index (χ1n) is 12.2. The van der Waals surface area contributed by atoms with Crippen LogP contribution in [0.15, 0.2) is 67.0 Å². The van der Waals surface area contributed by atoms with Crippen molar-refractivity contribution in [3.05, 3.63) is 78.1 Å². The van der Waals surface area contributed by atoms with E-state index in [2.05, 4.69) is 118 Å². The molecular weight excluding hydrogens is 414 g/mol. The second-order valence-electron chi connectivity index (χ2n) is 10.3. The Morgan fingerprint density at radius 2 is 1.26 bits per heavy atom. The Bertz CT molecular complexity index is 1700. The third kappa shape index (κ3) is 2.93. The van der Waals surface area contributed by atoms with E-state index in [1.165, 1.54) is 54.5 Å². The summed E-state index contributed by atoms with van der Waals surface area (Å²) in [6.45, 7) is 9.12. The fourth-order valence-electron chi connectivity index (χ4n) is 5.70. The molecule has 3 nitrogen and oxygen atoms in total. The van der Waals surface area contributed by atoms with Crippen molar-refractivity contribution in [1.82, 2.24) is 14.1 Å². The fraction of sp³-hybridized carbons (Fsp3) is 0.258. The van der Waals surface area contributed by atoms with Crippen LogP contribution < -0.4 is 0 Å². The van der Waals surface area contributed by atoms with Gasteiger partial charge in [-0.25, -0.2) is 4.98 Å². The van der Waals surface area contributed by atoms with Gasteiger partial charge < -0.3 is 9.13 Å². The van der Waals surface area contributed by atoms with Crippen LogP contribution in [0.2, 0.25) is 0 Å². The van der Waals surface area contributed by atoms with Gasteiger partial charge in [-0.05, 0) is 51.3 Å². The number of aromatic nitrogens is 3. The van der Waals surface area contributed by atoms with Gasteiger partial charge in [0.2, 0.25) is 0 Å². The lowest BCUT2D eigenvalue weighted by Crippen LogP contribution is -2.04. The van der Waals surface area contributed by atoms with Gasteiger partial charge in [-0.15, -0.1) is 0 Å². The normalized spacial score (nSPS) is 12.4. The molecule has 6 rings (SSSR count). The third-order valence-electron chi connectivity index (χ3n) is 7.33. The number of benzene rings is 4. The molecule has 0 atom stereocenters. The molecule has 0 bridgehead atoms. The molecule has 0 aliphatic rings.